The van der Waals surface area contributed by atoms with Crippen molar-refractivity contribution in [1.82, 2.24) is 14.8 Å². The van der Waals surface area contributed by atoms with Gasteiger partial charge in [0.25, 0.3) is 0 Å². The highest BCUT2D eigenvalue weighted by Gasteiger charge is 2.15. The molecule has 0 aromatic carbocycles. The first-order valence-electron chi connectivity index (χ1n) is 4.50. The van der Waals surface area contributed by atoms with Crippen molar-refractivity contribution in [3.05, 3.63) is 12.2 Å². The lowest BCUT2D eigenvalue weighted by atomic mass is 10.1. The Morgan fingerprint density at radius 1 is 1.54 bits per heavy atom. The van der Waals surface area contributed by atoms with Gasteiger partial charge < -0.3 is 5.11 Å². The van der Waals surface area contributed by atoms with Gasteiger partial charge in [0.05, 0.1) is 12.1 Å². The second-order valence-electron chi connectivity index (χ2n) is 4.27. The Morgan fingerprint density at radius 3 is 2.54 bits per heavy atom. The topological polar surface area (TPSA) is 50.9 Å². The predicted molar refractivity (Wildman–Crippen MR) is 50.4 cm³/mol. The molecular weight excluding hydrogens is 166 g/mol. The molecule has 13 heavy (non-hydrogen) atoms. The highest BCUT2D eigenvalue weighted by Crippen LogP contribution is 2.09. The van der Waals surface area contributed by atoms with E-state index in [4.69, 9.17) is 0 Å². The highest BCUT2D eigenvalue weighted by atomic mass is 16.3. The maximum Gasteiger partial charge on any atom is 0.153 e. The van der Waals surface area contributed by atoms with E-state index in [1.807, 2.05) is 13.8 Å². The van der Waals surface area contributed by atoms with Gasteiger partial charge in [-0.05, 0) is 13.8 Å². The van der Waals surface area contributed by atoms with Crippen LogP contribution in [0.25, 0.3) is 0 Å². The summed E-state index contributed by atoms with van der Waals surface area (Å²) in [6.45, 7) is 8.08. The van der Waals surface area contributed by atoms with Crippen LogP contribution in [0.5, 0.6) is 0 Å². The van der Waals surface area contributed by atoms with Crippen molar-refractivity contribution in [2.75, 3.05) is 0 Å². The molecular formula is C9H17N3O. The van der Waals surface area contributed by atoms with E-state index < -0.39 is 5.60 Å². The average Bonchev–Trinajstić information content (AvgIpc) is 2.31. The third kappa shape index (κ3) is 3.14. The quantitative estimate of drug-likeness (QED) is 0.765. The smallest absolute Gasteiger partial charge is 0.153 e. The van der Waals surface area contributed by atoms with Crippen molar-refractivity contribution in [3.63, 3.8) is 0 Å². The zero-order valence-electron chi connectivity index (χ0n) is 8.65. The molecule has 1 aromatic heterocycles. The molecule has 0 saturated heterocycles. The molecule has 0 radical (unpaired) electrons. The molecule has 0 aliphatic rings. The van der Waals surface area contributed by atoms with Gasteiger partial charge in [0.2, 0.25) is 0 Å². The number of rotatable bonds is 3. The van der Waals surface area contributed by atoms with Crippen LogP contribution in [-0.2, 0) is 6.54 Å². The number of aliphatic hydroxyl groups is 1. The third-order valence-electron chi connectivity index (χ3n) is 1.62. The average molecular weight is 183 g/mol. The summed E-state index contributed by atoms with van der Waals surface area (Å²) in [6, 6.07) is 0. The first kappa shape index (κ1) is 10.2. The van der Waals surface area contributed by atoms with Crippen LogP contribution in [0.3, 0.4) is 0 Å². The maximum atomic E-state index is 9.53. The van der Waals surface area contributed by atoms with Gasteiger partial charge in [-0.3, -0.25) is 0 Å². The van der Waals surface area contributed by atoms with Crippen LogP contribution < -0.4 is 0 Å². The normalized spacial score (nSPS) is 12.5. The van der Waals surface area contributed by atoms with Gasteiger partial charge in [-0.1, -0.05) is 13.8 Å². The minimum Gasteiger partial charge on any atom is -0.389 e. The predicted octanol–water partition coefficient (Wildman–Crippen LogP) is 1.17. The number of hydrogen-bond donors (Lipinski definition) is 1. The largest absolute Gasteiger partial charge is 0.389 e. The molecule has 0 aliphatic heterocycles. The molecule has 0 atom stereocenters. The fourth-order valence-corrected chi connectivity index (χ4v) is 1.05. The van der Waals surface area contributed by atoms with E-state index in [1.54, 1.807) is 24.9 Å². The van der Waals surface area contributed by atoms with Gasteiger partial charge in [-0.15, -0.1) is 0 Å². The van der Waals surface area contributed by atoms with Crippen LogP contribution in [0.2, 0.25) is 0 Å². The molecule has 0 unspecified atom stereocenters. The summed E-state index contributed by atoms with van der Waals surface area (Å²) in [5.41, 5.74) is -0.734. The molecule has 0 fully saturated rings. The Kier molecular flexibility index (Phi) is 2.71. The van der Waals surface area contributed by atoms with Gasteiger partial charge in [0, 0.05) is 5.92 Å². The molecule has 74 valence electrons. The fraction of sp³-hybridized carbons (Fsp3) is 0.778. The Morgan fingerprint density at radius 2 is 2.15 bits per heavy atom. The number of hydrogen-bond acceptors (Lipinski definition) is 3. The molecule has 1 heterocycles. The summed E-state index contributed by atoms with van der Waals surface area (Å²) < 4.78 is 1.68. The summed E-state index contributed by atoms with van der Waals surface area (Å²) in [4.78, 5) is 4.14. The van der Waals surface area contributed by atoms with Crippen molar-refractivity contribution in [2.24, 2.45) is 0 Å². The van der Waals surface area contributed by atoms with Crippen molar-refractivity contribution in [2.45, 2.75) is 45.8 Å². The molecule has 1 N–H and O–H groups in total. The van der Waals surface area contributed by atoms with Crippen LogP contribution in [0.4, 0.5) is 0 Å². The van der Waals surface area contributed by atoms with E-state index in [9.17, 15) is 5.11 Å². The molecule has 4 nitrogen and oxygen atoms in total. The van der Waals surface area contributed by atoms with Crippen LogP contribution in [-0.4, -0.2) is 25.5 Å². The minimum atomic E-state index is -0.734. The monoisotopic (exact) mass is 183 g/mol. The minimum absolute atomic E-state index is 0.336. The van der Waals surface area contributed by atoms with Crippen LogP contribution in [0.15, 0.2) is 6.33 Å². The molecule has 0 bridgehead atoms. The highest BCUT2D eigenvalue weighted by molar-refractivity contribution is 4.88. The van der Waals surface area contributed by atoms with E-state index in [1.165, 1.54) is 0 Å². The van der Waals surface area contributed by atoms with Crippen molar-refractivity contribution >= 4 is 0 Å². The summed E-state index contributed by atoms with van der Waals surface area (Å²) in [6.07, 6.45) is 1.66. The third-order valence-corrected chi connectivity index (χ3v) is 1.62. The molecule has 4 heteroatoms. The zero-order valence-corrected chi connectivity index (χ0v) is 8.65. The molecule has 0 amide bonds. The van der Waals surface area contributed by atoms with E-state index in [2.05, 4.69) is 10.1 Å². The van der Waals surface area contributed by atoms with Crippen molar-refractivity contribution in [1.29, 1.82) is 0 Å². The lowest BCUT2D eigenvalue weighted by Crippen LogP contribution is -2.26. The SMILES string of the molecule is CC(C)c1ncn(CC(C)(C)O)n1. The zero-order chi connectivity index (χ0) is 10.1. The first-order chi connectivity index (χ1) is 5.88. The number of nitrogens with zero attached hydrogens (tertiary/aromatic N) is 3. The van der Waals surface area contributed by atoms with Crippen molar-refractivity contribution < 1.29 is 5.11 Å². The Balaban J connectivity index is 2.70. The van der Waals surface area contributed by atoms with Crippen LogP contribution >= 0.6 is 0 Å². The van der Waals surface area contributed by atoms with Crippen LogP contribution in [0.1, 0.15) is 39.4 Å². The molecule has 0 spiro atoms. The summed E-state index contributed by atoms with van der Waals surface area (Å²) in [5, 5.41) is 13.8. The molecule has 1 rings (SSSR count). The van der Waals surface area contributed by atoms with E-state index in [0.717, 1.165) is 5.82 Å². The second-order valence-corrected chi connectivity index (χ2v) is 4.27. The molecule has 0 saturated carbocycles. The van der Waals surface area contributed by atoms with Gasteiger partial charge in [-0.2, -0.15) is 5.10 Å². The van der Waals surface area contributed by atoms with Gasteiger partial charge in [-0.25, -0.2) is 9.67 Å². The van der Waals surface area contributed by atoms with Gasteiger partial charge in [0.15, 0.2) is 5.82 Å². The van der Waals surface area contributed by atoms with E-state index in [-0.39, 0.29) is 0 Å². The Labute approximate surface area is 78.6 Å². The lowest BCUT2D eigenvalue weighted by molar-refractivity contribution is 0.0575. The fourth-order valence-electron chi connectivity index (χ4n) is 1.05. The standard InChI is InChI=1S/C9H17N3O/c1-7(2)8-10-6-12(11-8)5-9(3,4)13/h6-7,13H,5H2,1-4H3. The Bertz CT molecular complexity index is 273. The Hall–Kier alpha value is -0.900. The first-order valence-corrected chi connectivity index (χ1v) is 4.50. The van der Waals surface area contributed by atoms with E-state index >= 15 is 0 Å². The summed E-state index contributed by atoms with van der Waals surface area (Å²) in [5.74, 6) is 1.16. The number of aromatic nitrogens is 3. The summed E-state index contributed by atoms with van der Waals surface area (Å²) >= 11 is 0. The van der Waals surface area contributed by atoms with Crippen molar-refractivity contribution in [3.8, 4) is 0 Å². The van der Waals surface area contributed by atoms with Crippen LogP contribution in [0, 0.1) is 0 Å². The lowest BCUT2D eigenvalue weighted by Gasteiger charge is -2.15. The molecule has 1 aromatic rings. The van der Waals surface area contributed by atoms with Gasteiger partial charge >= 0.3 is 0 Å². The van der Waals surface area contributed by atoms with E-state index in [0.29, 0.717) is 12.5 Å². The molecule has 0 aliphatic carbocycles. The second kappa shape index (κ2) is 3.46. The maximum absolute atomic E-state index is 9.53. The van der Waals surface area contributed by atoms with Gasteiger partial charge in [0.1, 0.15) is 6.33 Å². The summed E-state index contributed by atoms with van der Waals surface area (Å²) in [7, 11) is 0.